The molecule has 2 fully saturated rings. The number of sulfonamides is 1. The lowest BCUT2D eigenvalue weighted by atomic mass is 9.48. The predicted molar refractivity (Wildman–Crippen MR) is 143 cm³/mol. The van der Waals surface area contributed by atoms with Gasteiger partial charge in [-0.3, -0.25) is 9.69 Å². The lowest BCUT2D eigenvalue weighted by Crippen LogP contribution is -2.78. The molecule has 38 heavy (non-hydrogen) atoms. The van der Waals surface area contributed by atoms with Crippen molar-refractivity contribution >= 4 is 16.0 Å². The molecule has 0 aromatic heterocycles. The molecule has 9 heteroatoms. The number of carbonyl (C=O) groups excluding carboxylic acids is 1. The summed E-state index contributed by atoms with van der Waals surface area (Å²) in [5.41, 5.74) is 0.727. The normalized spacial score (nSPS) is 31.4. The van der Waals surface area contributed by atoms with Crippen LogP contribution in [0.5, 0.6) is 11.5 Å². The molecule has 1 saturated carbocycles. The van der Waals surface area contributed by atoms with Gasteiger partial charge in [-0.25, -0.2) is 8.42 Å². The second-order valence-corrected chi connectivity index (χ2v) is 13.1. The topological polar surface area (TPSA) is 96.4 Å². The Morgan fingerprint density at radius 2 is 2.03 bits per heavy atom. The Hall–Kier alpha value is -2.72. The van der Waals surface area contributed by atoms with Gasteiger partial charge in [0.2, 0.25) is 10.0 Å². The number of rotatable bonds is 7. The zero-order valence-electron chi connectivity index (χ0n) is 21.8. The number of hydrogen-bond acceptors (Lipinski definition) is 7. The van der Waals surface area contributed by atoms with Crippen molar-refractivity contribution in [1.82, 2.24) is 9.21 Å². The minimum Gasteiger partial charge on any atom is -0.483 e. The maximum atomic E-state index is 13.6. The van der Waals surface area contributed by atoms with E-state index < -0.39 is 39.2 Å². The van der Waals surface area contributed by atoms with Gasteiger partial charge < -0.3 is 14.6 Å². The number of hydrogen-bond donors (Lipinski definition) is 1. The van der Waals surface area contributed by atoms with E-state index in [2.05, 4.69) is 11.5 Å². The molecule has 202 valence electrons. The number of carbonyl (C=O) groups is 1. The molecule has 2 aromatic carbocycles. The van der Waals surface area contributed by atoms with Gasteiger partial charge in [0.15, 0.2) is 11.5 Å². The molecule has 0 unspecified atom stereocenters. The van der Waals surface area contributed by atoms with Crippen molar-refractivity contribution in [3.05, 3.63) is 71.8 Å². The highest BCUT2D eigenvalue weighted by molar-refractivity contribution is 7.88. The van der Waals surface area contributed by atoms with E-state index in [-0.39, 0.29) is 11.8 Å². The highest BCUT2D eigenvalue weighted by atomic mass is 32.2. The maximum Gasteiger partial charge on any atom is 0.308 e. The Morgan fingerprint density at radius 3 is 2.74 bits per heavy atom. The van der Waals surface area contributed by atoms with Crippen LogP contribution in [0.15, 0.2) is 55.1 Å². The third kappa shape index (κ3) is 3.52. The van der Waals surface area contributed by atoms with E-state index in [9.17, 15) is 18.3 Å². The molecule has 4 aliphatic rings. The zero-order chi connectivity index (χ0) is 26.9. The fourth-order valence-electron chi connectivity index (χ4n) is 7.68. The average Bonchev–Trinajstić information content (AvgIpc) is 3.22. The fourth-order valence-corrected chi connectivity index (χ4v) is 9.13. The van der Waals surface area contributed by atoms with Crippen molar-refractivity contribution in [2.24, 2.45) is 0 Å². The van der Waals surface area contributed by atoms with Gasteiger partial charge in [0, 0.05) is 32.1 Å². The Balaban J connectivity index is 1.46. The second kappa shape index (κ2) is 8.91. The molecule has 2 bridgehead atoms. The summed E-state index contributed by atoms with van der Waals surface area (Å²) in [5, 5.41) is 12.6. The molecule has 0 amide bonds. The minimum absolute atomic E-state index is 0.114. The van der Waals surface area contributed by atoms with Gasteiger partial charge in [0.05, 0.1) is 22.8 Å². The van der Waals surface area contributed by atoms with Gasteiger partial charge in [-0.2, -0.15) is 4.31 Å². The van der Waals surface area contributed by atoms with Gasteiger partial charge in [0.25, 0.3) is 0 Å². The number of esters is 1. The second-order valence-electron chi connectivity index (χ2n) is 11.1. The summed E-state index contributed by atoms with van der Waals surface area (Å²) in [4.78, 5) is 14.2. The fraction of sp³-hybridized carbons (Fsp3) is 0.483. The lowest BCUT2D eigenvalue weighted by Gasteiger charge is -2.64. The standard InChI is InChI=1S/C29H34N2O6S/c1-4-15-31-16-14-28-25-21-10-11-23(36-19(2)32)26(25)37-27(28)22(12-13-29(28,33)24(31)17-21)30(3)38(34,35)18-20-8-6-5-7-9-20/h4-11,22,24,27,33H,1,12-18H2,2-3H3/t22-,24-,27+,28+,29-/m1/s1. The van der Waals surface area contributed by atoms with Crippen LogP contribution in [0, 0.1) is 0 Å². The van der Waals surface area contributed by atoms with Crippen LogP contribution in [-0.4, -0.2) is 72.6 Å². The summed E-state index contributed by atoms with van der Waals surface area (Å²) in [7, 11) is -2.06. The minimum atomic E-state index is -3.68. The van der Waals surface area contributed by atoms with Crippen LogP contribution in [0.3, 0.4) is 0 Å². The largest absolute Gasteiger partial charge is 0.483 e. The van der Waals surface area contributed by atoms with Crippen LogP contribution in [0.2, 0.25) is 0 Å². The number of aliphatic hydroxyl groups is 1. The highest BCUT2D eigenvalue weighted by Gasteiger charge is 2.73. The third-order valence-electron chi connectivity index (χ3n) is 9.24. The van der Waals surface area contributed by atoms with Crippen LogP contribution in [0.1, 0.15) is 42.9 Å². The van der Waals surface area contributed by atoms with Gasteiger partial charge >= 0.3 is 5.97 Å². The molecule has 2 heterocycles. The molecule has 2 aliphatic carbocycles. The summed E-state index contributed by atoms with van der Waals surface area (Å²) in [6.07, 6.45) is 3.39. The lowest BCUT2D eigenvalue weighted by molar-refractivity contribution is -0.193. The van der Waals surface area contributed by atoms with Crippen molar-refractivity contribution in [1.29, 1.82) is 0 Å². The molecule has 1 spiro atoms. The van der Waals surface area contributed by atoms with Crippen LogP contribution < -0.4 is 9.47 Å². The number of ether oxygens (including phenoxy) is 2. The van der Waals surface area contributed by atoms with E-state index in [1.165, 1.54) is 11.2 Å². The van der Waals surface area contributed by atoms with Crippen molar-refractivity contribution in [2.75, 3.05) is 20.1 Å². The maximum absolute atomic E-state index is 13.6. The molecule has 2 aromatic rings. The molecular weight excluding hydrogens is 504 g/mol. The van der Waals surface area contributed by atoms with Gasteiger partial charge in [-0.05, 0) is 49.4 Å². The Bertz CT molecular complexity index is 1400. The third-order valence-corrected chi connectivity index (χ3v) is 11.1. The van der Waals surface area contributed by atoms with Crippen molar-refractivity contribution in [2.45, 2.75) is 67.6 Å². The molecule has 8 nitrogen and oxygen atoms in total. The van der Waals surface area contributed by atoms with E-state index >= 15 is 0 Å². The van der Waals surface area contributed by atoms with E-state index in [0.29, 0.717) is 43.7 Å². The number of benzene rings is 2. The molecular formula is C29H34N2O6S. The first-order valence-corrected chi connectivity index (χ1v) is 14.8. The Labute approximate surface area is 223 Å². The Morgan fingerprint density at radius 1 is 1.26 bits per heavy atom. The summed E-state index contributed by atoms with van der Waals surface area (Å²) in [6, 6.07) is 12.2. The van der Waals surface area contributed by atoms with E-state index in [1.54, 1.807) is 13.1 Å². The van der Waals surface area contributed by atoms with Crippen LogP contribution in [-0.2, 0) is 32.4 Å². The molecule has 2 aliphatic heterocycles. The van der Waals surface area contributed by atoms with E-state index in [0.717, 1.165) is 23.2 Å². The van der Waals surface area contributed by atoms with E-state index in [1.807, 2.05) is 42.5 Å². The van der Waals surface area contributed by atoms with Crippen LogP contribution in [0.25, 0.3) is 0 Å². The molecule has 5 atom stereocenters. The number of likely N-dealkylation sites (tertiary alicyclic amines) is 1. The van der Waals surface area contributed by atoms with Crippen molar-refractivity contribution in [3.8, 4) is 11.5 Å². The zero-order valence-corrected chi connectivity index (χ0v) is 22.6. The van der Waals surface area contributed by atoms with Gasteiger partial charge in [-0.15, -0.1) is 6.58 Å². The van der Waals surface area contributed by atoms with Crippen molar-refractivity contribution < 1.29 is 27.8 Å². The first-order valence-electron chi connectivity index (χ1n) is 13.2. The predicted octanol–water partition coefficient (Wildman–Crippen LogP) is 2.78. The smallest absolute Gasteiger partial charge is 0.308 e. The van der Waals surface area contributed by atoms with Crippen molar-refractivity contribution in [3.63, 3.8) is 0 Å². The number of likely N-dealkylation sites (N-methyl/N-ethyl adjacent to an activating group) is 1. The summed E-state index contributed by atoms with van der Waals surface area (Å²) < 4.78 is 41.0. The van der Waals surface area contributed by atoms with Crippen LogP contribution >= 0.6 is 0 Å². The van der Waals surface area contributed by atoms with Gasteiger partial charge in [0.1, 0.15) is 6.10 Å². The molecule has 1 saturated heterocycles. The molecule has 6 rings (SSSR count). The SMILES string of the molecule is C=CCN1CC[C@]23c4c5ccc(OC(C)=O)c4O[C@H]2[C@H](N(C)S(=O)(=O)Cc2ccccc2)CC[C@@]3(O)[C@H]1C5. The number of nitrogens with zero attached hydrogens (tertiary/aromatic N) is 2. The summed E-state index contributed by atoms with van der Waals surface area (Å²) >= 11 is 0. The molecule has 1 N–H and O–H groups in total. The van der Waals surface area contributed by atoms with Gasteiger partial charge in [-0.1, -0.05) is 42.5 Å². The summed E-state index contributed by atoms with van der Waals surface area (Å²) in [5.74, 6) is 0.221. The highest BCUT2D eigenvalue weighted by Crippen LogP contribution is 2.66. The summed E-state index contributed by atoms with van der Waals surface area (Å²) in [6.45, 7) is 6.66. The quantitative estimate of drug-likeness (QED) is 0.329. The Kier molecular flexibility index (Phi) is 5.99. The number of piperidine rings is 1. The average molecular weight is 539 g/mol. The van der Waals surface area contributed by atoms with E-state index in [4.69, 9.17) is 9.47 Å². The van der Waals surface area contributed by atoms with Crippen LogP contribution in [0.4, 0.5) is 0 Å². The first kappa shape index (κ1) is 25.6. The first-order chi connectivity index (χ1) is 18.1. The molecule has 0 radical (unpaired) electrons. The monoisotopic (exact) mass is 538 g/mol.